The summed E-state index contributed by atoms with van der Waals surface area (Å²) in [5.74, 6) is -1.08. The van der Waals surface area contributed by atoms with E-state index in [0.29, 0.717) is 5.56 Å². The Hall–Kier alpha value is -1.76. The number of aryl methyl sites for hydroxylation is 1. The molecule has 0 radical (unpaired) electrons. The number of nitriles is 1. The quantitative estimate of drug-likeness (QED) is 0.784. The van der Waals surface area contributed by atoms with Gasteiger partial charge in [-0.3, -0.25) is 0 Å². The van der Waals surface area contributed by atoms with E-state index in [2.05, 4.69) is 0 Å². The highest BCUT2D eigenvalue weighted by atomic mass is 19.1. The van der Waals surface area contributed by atoms with E-state index < -0.39 is 5.82 Å². The summed E-state index contributed by atoms with van der Waals surface area (Å²) in [5, 5.41) is 17.9. The number of methoxy groups -OCH3 is 1. The van der Waals surface area contributed by atoms with Crippen LogP contribution in [0.5, 0.6) is 11.5 Å². The van der Waals surface area contributed by atoms with E-state index in [-0.39, 0.29) is 23.5 Å². The molecular formula is C10H10FNO2. The van der Waals surface area contributed by atoms with Gasteiger partial charge in [0.1, 0.15) is 0 Å². The van der Waals surface area contributed by atoms with Gasteiger partial charge in [-0.15, -0.1) is 0 Å². The maximum atomic E-state index is 13.5. The van der Waals surface area contributed by atoms with Crippen LogP contribution in [0, 0.1) is 24.1 Å². The van der Waals surface area contributed by atoms with E-state index in [9.17, 15) is 9.50 Å². The zero-order valence-corrected chi connectivity index (χ0v) is 7.97. The van der Waals surface area contributed by atoms with E-state index in [0.717, 1.165) is 0 Å². The third-order valence-corrected chi connectivity index (χ3v) is 1.93. The van der Waals surface area contributed by atoms with Gasteiger partial charge in [0.05, 0.1) is 19.6 Å². The molecule has 0 aliphatic heterocycles. The van der Waals surface area contributed by atoms with Crippen molar-refractivity contribution in [1.82, 2.24) is 0 Å². The Morgan fingerprint density at radius 2 is 2.29 bits per heavy atom. The van der Waals surface area contributed by atoms with Crippen molar-refractivity contribution in [2.45, 2.75) is 13.3 Å². The lowest BCUT2D eigenvalue weighted by Crippen LogP contribution is -1.96. The number of phenols is 1. The predicted molar refractivity (Wildman–Crippen MR) is 48.7 cm³/mol. The Labute approximate surface area is 81.4 Å². The smallest absolute Gasteiger partial charge is 0.197 e. The summed E-state index contributed by atoms with van der Waals surface area (Å²) in [7, 11) is 1.27. The number of halogens is 1. The van der Waals surface area contributed by atoms with Crippen LogP contribution in [0.25, 0.3) is 0 Å². The summed E-state index contributed by atoms with van der Waals surface area (Å²) >= 11 is 0. The fourth-order valence-electron chi connectivity index (χ4n) is 1.22. The number of aromatic hydroxyl groups is 1. The molecule has 0 saturated carbocycles. The third-order valence-electron chi connectivity index (χ3n) is 1.93. The average molecular weight is 195 g/mol. The monoisotopic (exact) mass is 195 g/mol. The van der Waals surface area contributed by atoms with E-state index in [1.807, 2.05) is 6.07 Å². The van der Waals surface area contributed by atoms with Gasteiger partial charge in [0.2, 0.25) is 0 Å². The predicted octanol–water partition coefficient (Wildman–Crippen LogP) is 1.91. The number of hydrogen-bond acceptors (Lipinski definition) is 3. The molecule has 3 nitrogen and oxygen atoms in total. The number of nitrogens with zero attached hydrogens (tertiary/aromatic N) is 1. The molecule has 0 bridgehead atoms. The first kappa shape index (κ1) is 10.3. The summed E-state index contributed by atoms with van der Waals surface area (Å²) < 4.78 is 18.2. The zero-order chi connectivity index (χ0) is 10.7. The van der Waals surface area contributed by atoms with Gasteiger partial charge in [-0.25, -0.2) is 4.39 Å². The van der Waals surface area contributed by atoms with Crippen LogP contribution in [0.2, 0.25) is 0 Å². The molecule has 1 N–H and O–H groups in total. The van der Waals surface area contributed by atoms with Crippen molar-refractivity contribution in [3.63, 3.8) is 0 Å². The normalized spacial score (nSPS) is 9.57. The van der Waals surface area contributed by atoms with Crippen LogP contribution < -0.4 is 4.74 Å². The van der Waals surface area contributed by atoms with Gasteiger partial charge in [-0.1, -0.05) is 0 Å². The Morgan fingerprint density at radius 1 is 1.64 bits per heavy atom. The highest BCUT2D eigenvalue weighted by Gasteiger charge is 2.15. The largest absolute Gasteiger partial charge is 0.504 e. The Kier molecular flexibility index (Phi) is 2.92. The van der Waals surface area contributed by atoms with E-state index in [1.165, 1.54) is 13.2 Å². The number of rotatable bonds is 2. The molecule has 0 unspecified atom stereocenters. The number of ether oxygens (including phenoxy) is 1. The van der Waals surface area contributed by atoms with Crippen molar-refractivity contribution in [3.05, 3.63) is 23.0 Å². The van der Waals surface area contributed by atoms with Crippen LogP contribution in [0.15, 0.2) is 6.07 Å². The van der Waals surface area contributed by atoms with Crippen LogP contribution in [-0.4, -0.2) is 12.2 Å². The Bertz CT molecular complexity index is 396. The molecule has 0 spiro atoms. The van der Waals surface area contributed by atoms with Gasteiger partial charge in [-0.2, -0.15) is 5.26 Å². The van der Waals surface area contributed by atoms with Gasteiger partial charge in [0.25, 0.3) is 0 Å². The minimum Gasteiger partial charge on any atom is -0.504 e. The zero-order valence-electron chi connectivity index (χ0n) is 7.97. The summed E-state index contributed by atoms with van der Waals surface area (Å²) in [6.45, 7) is 1.62. The van der Waals surface area contributed by atoms with E-state index >= 15 is 0 Å². The molecule has 0 aliphatic carbocycles. The first-order valence-electron chi connectivity index (χ1n) is 4.03. The van der Waals surface area contributed by atoms with E-state index in [4.69, 9.17) is 10.00 Å². The lowest BCUT2D eigenvalue weighted by Gasteiger charge is -2.09. The SMILES string of the molecule is COc1c(O)c(C)cc(CC#N)c1F. The van der Waals surface area contributed by atoms with Crippen molar-refractivity contribution in [3.8, 4) is 17.6 Å². The van der Waals surface area contributed by atoms with Gasteiger partial charge < -0.3 is 9.84 Å². The summed E-state index contributed by atoms with van der Waals surface area (Å²) in [4.78, 5) is 0. The summed E-state index contributed by atoms with van der Waals surface area (Å²) in [5.41, 5.74) is 0.730. The lowest BCUT2D eigenvalue weighted by molar-refractivity contribution is 0.348. The van der Waals surface area contributed by atoms with Gasteiger partial charge in [-0.05, 0) is 18.6 Å². The molecule has 0 atom stereocenters. The first-order chi connectivity index (χ1) is 6.61. The molecular weight excluding hydrogens is 185 g/mol. The second kappa shape index (κ2) is 3.97. The lowest BCUT2D eigenvalue weighted by atomic mass is 10.1. The highest BCUT2D eigenvalue weighted by Crippen LogP contribution is 2.34. The molecule has 0 fully saturated rings. The summed E-state index contributed by atoms with van der Waals surface area (Å²) in [6.07, 6.45) is -0.0384. The third kappa shape index (κ3) is 1.62. The van der Waals surface area contributed by atoms with Crippen molar-refractivity contribution in [2.24, 2.45) is 0 Å². The van der Waals surface area contributed by atoms with Gasteiger partial charge in [0.15, 0.2) is 17.3 Å². The number of benzene rings is 1. The molecule has 1 aromatic carbocycles. The fourth-order valence-corrected chi connectivity index (χ4v) is 1.22. The molecule has 14 heavy (non-hydrogen) atoms. The van der Waals surface area contributed by atoms with Gasteiger partial charge in [0, 0.05) is 5.56 Å². The minimum absolute atomic E-state index is 0.0384. The Balaban J connectivity index is 3.36. The molecule has 0 aliphatic rings. The molecule has 4 heteroatoms. The molecule has 0 aromatic heterocycles. The first-order valence-corrected chi connectivity index (χ1v) is 4.03. The van der Waals surface area contributed by atoms with Crippen LogP contribution in [0.1, 0.15) is 11.1 Å². The topological polar surface area (TPSA) is 53.2 Å². The maximum absolute atomic E-state index is 13.5. The summed E-state index contributed by atoms with van der Waals surface area (Å²) in [6, 6.07) is 3.29. The highest BCUT2D eigenvalue weighted by molar-refractivity contribution is 5.49. The van der Waals surface area contributed by atoms with Crippen molar-refractivity contribution in [1.29, 1.82) is 5.26 Å². The van der Waals surface area contributed by atoms with Crippen molar-refractivity contribution < 1.29 is 14.2 Å². The standard InChI is InChI=1S/C10H10FNO2/c1-6-5-7(3-4-12)8(11)10(14-2)9(6)13/h5,13H,3H2,1-2H3. The Morgan fingerprint density at radius 3 is 2.79 bits per heavy atom. The fraction of sp³-hybridized carbons (Fsp3) is 0.300. The average Bonchev–Trinajstić information content (AvgIpc) is 2.16. The minimum atomic E-state index is -0.669. The van der Waals surface area contributed by atoms with Crippen LogP contribution >= 0.6 is 0 Å². The second-order valence-electron chi connectivity index (χ2n) is 2.88. The van der Waals surface area contributed by atoms with Crippen LogP contribution in [-0.2, 0) is 6.42 Å². The second-order valence-corrected chi connectivity index (χ2v) is 2.88. The number of phenolic OH excluding ortho intramolecular Hbond substituents is 1. The molecule has 0 saturated heterocycles. The van der Waals surface area contributed by atoms with Crippen LogP contribution in [0.3, 0.4) is 0 Å². The maximum Gasteiger partial charge on any atom is 0.197 e. The van der Waals surface area contributed by atoms with E-state index in [1.54, 1.807) is 6.92 Å². The number of hydrogen-bond donors (Lipinski definition) is 1. The van der Waals surface area contributed by atoms with Crippen LogP contribution in [0.4, 0.5) is 4.39 Å². The van der Waals surface area contributed by atoms with Crippen molar-refractivity contribution >= 4 is 0 Å². The van der Waals surface area contributed by atoms with Gasteiger partial charge >= 0.3 is 0 Å². The molecule has 0 heterocycles. The molecule has 1 aromatic rings. The van der Waals surface area contributed by atoms with Crippen molar-refractivity contribution in [2.75, 3.05) is 7.11 Å². The molecule has 1 rings (SSSR count). The molecule has 0 amide bonds. The molecule has 74 valence electrons.